The standard InChI is InChI=1S/C26H25F2N5O2/c1-14-8-20-22(30-16(14)3)10-24(31-26(20)19-6-5-18(27)9-21(19)28)32-11-15(2)35-23(13-32)17-4-7-25(34)33(29)12-17/h4-10,12,15,23H,11,13,29H2,1-3H3. The fourth-order valence-corrected chi connectivity index (χ4v) is 4.44. The van der Waals surface area contributed by atoms with Crippen molar-refractivity contribution in [2.75, 3.05) is 23.8 Å². The van der Waals surface area contributed by atoms with Crippen molar-refractivity contribution < 1.29 is 13.5 Å². The zero-order chi connectivity index (χ0) is 24.9. The summed E-state index contributed by atoms with van der Waals surface area (Å²) < 4.78 is 35.7. The van der Waals surface area contributed by atoms with Crippen molar-refractivity contribution in [3.63, 3.8) is 0 Å². The van der Waals surface area contributed by atoms with Gasteiger partial charge in [-0.05, 0) is 50.6 Å². The van der Waals surface area contributed by atoms with Crippen LogP contribution in [0.25, 0.3) is 22.2 Å². The lowest BCUT2D eigenvalue weighted by atomic mass is 10.0. The number of anilines is 1. The molecular formula is C26H25F2N5O2. The minimum Gasteiger partial charge on any atom is -0.367 e. The van der Waals surface area contributed by atoms with Gasteiger partial charge in [-0.3, -0.25) is 9.78 Å². The Balaban J connectivity index is 1.63. The number of nitrogens with zero attached hydrogens (tertiary/aromatic N) is 4. The summed E-state index contributed by atoms with van der Waals surface area (Å²) in [6.45, 7) is 6.79. The summed E-state index contributed by atoms with van der Waals surface area (Å²) in [5.41, 5.74) is 3.54. The lowest BCUT2D eigenvalue weighted by Crippen LogP contribution is -2.43. The zero-order valence-corrected chi connectivity index (χ0v) is 19.6. The highest BCUT2D eigenvalue weighted by atomic mass is 19.1. The Morgan fingerprint density at radius 2 is 1.86 bits per heavy atom. The average molecular weight is 478 g/mol. The number of nitrogens with two attached hydrogens (primary N) is 1. The molecule has 0 aliphatic carbocycles. The van der Waals surface area contributed by atoms with Gasteiger partial charge in [0.25, 0.3) is 5.56 Å². The second kappa shape index (κ2) is 8.74. The minimum absolute atomic E-state index is 0.150. The van der Waals surface area contributed by atoms with Crippen molar-refractivity contribution in [2.45, 2.75) is 33.0 Å². The fourth-order valence-electron chi connectivity index (χ4n) is 4.44. The molecule has 9 heteroatoms. The second-order valence-corrected chi connectivity index (χ2v) is 8.96. The van der Waals surface area contributed by atoms with Crippen LogP contribution >= 0.6 is 0 Å². The third kappa shape index (κ3) is 4.35. The van der Waals surface area contributed by atoms with Crippen LogP contribution in [0.2, 0.25) is 0 Å². The Morgan fingerprint density at radius 1 is 1.06 bits per heavy atom. The third-order valence-corrected chi connectivity index (χ3v) is 6.35. The monoisotopic (exact) mass is 477 g/mol. The van der Waals surface area contributed by atoms with Crippen molar-refractivity contribution in [2.24, 2.45) is 0 Å². The maximum absolute atomic E-state index is 14.9. The lowest BCUT2D eigenvalue weighted by Gasteiger charge is -2.38. The number of morpholine rings is 1. The van der Waals surface area contributed by atoms with Gasteiger partial charge in [0.05, 0.1) is 17.3 Å². The van der Waals surface area contributed by atoms with Gasteiger partial charge in [-0.15, -0.1) is 0 Å². The number of ether oxygens (including phenoxy) is 1. The molecule has 5 rings (SSSR count). The molecule has 3 aromatic heterocycles. The van der Waals surface area contributed by atoms with Gasteiger partial charge in [0.2, 0.25) is 0 Å². The van der Waals surface area contributed by atoms with Crippen LogP contribution in [-0.2, 0) is 4.74 Å². The Bertz CT molecular complexity index is 1500. The first kappa shape index (κ1) is 22.9. The third-order valence-electron chi connectivity index (χ3n) is 6.35. The number of aryl methyl sites for hydroxylation is 2. The largest absolute Gasteiger partial charge is 0.367 e. The molecule has 0 amide bonds. The minimum atomic E-state index is -0.687. The molecule has 0 saturated carbocycles. The molecule has 7 nitrogen and oxygen atoms in total. The maximum atomic E-state index is 14.9. The van der Waals surface area contributed by atoms with Crippen LogP contribution in [0.5, 0.6) is 0 Å². The van der Waals surface area contributed by atoms with E-state index in [2.05, 4.69) is 0 Å². The van der Waals surface area contributed by atoms with E-state index in [1.807, 2.05) is 37.8 Å². The van der Waals surface area contributed by atoms with Crippen LogP contribution in [0, 0.1) is 25.5 Å². The molecule has 180 valence electrons. The van der Waals surface area contributed by atoms with E-state index in [9.17, 15) is 13.6 Å². The van der Waals surface area contributed by atoms with Crippen molar-refractivity contribution in [3.8, 4) is 11.3 Å². The van der Waals surface area contributed by atoms with Gasteiger partial charge in [0, 0.05) is 59.7 Å². The van der Waals surface area contributed by atoms with E-state index in [-0.39, 0.29) is 23.3 Å². The summed E-state index contributed by atoms with van der Waals surface area (Å²) in [5.74, 6) is 5.02. The average Bonchev–Trinajstić information content (AvgIpc) is 2.81. The van der Waals surface area contributed by atoms with Crippen molar-refractivity contribution >= 4 is 16.7 Å². The number of benzene rings is 1. The van der Waals surface area contributed by atoms with Gasteiger partial charge in [0.1, 0.15) is 23.6 Å². The summed E-state index contributed by atoms with van der Waals surface area (Å²) in [4.78, 5) is 23.3. The normalized spacial score (nSPS) is 18.3. The van der Waals surface area contributed by atoms with Crippen molar-refractivity contribution in [3.05, 3.63) is 87.5 Å². The molecule has 1 aliphatic heterocycles. The van der Waals surface area contributed by atoms with Gasteiger partial charge >= 0.3 is 0 Å². The summed E-state index contributed by atoms with van der Waals surface area (Å²) >= 11 is 0. The molecule has 1 aromatic carbocycles. The highest BCUT2D eigenvalue weighted by Gasteiger charge is 2.29. The van der Waals surface area contributed by atoms with E-state index in [1.54, 1.807) is 12.3 Å². The van der Waals surface area contributed by atoms with Crippen LogP contribution in [0.1, 0.15) is 29.8 Å². The van der Waals surface area contributed by atoms with E-state index in [0.717, 1.165) is 27.6 Å². The zero-order valence-electron chi connectivity index (χ0n) is 19.6. The van der Waals surface area contributed by atoms with E-state index >= 15 is 0 Å². The molecule has 2 N–H and O–H groups in total. The Morgan fingerprint density at radius 3 is 2.60 bits per heavy atom. The molecule has 35 heavy (non-hydrogen) atoms. The summed E-state index contributed by atoms with van der Waals surface area (Å²) in [7, 11) is 0. The Labute approximate surface area is 200 Å². The highest BCUT2D eigenvalue weighted by molar-refractivity contribution is 5.95. The van der Waals surface area contributed by atoms with Gasteiger partial charge in [-0.2, -0.15) is 0 Å². The number of pyridine rings is 3. The van der Waals surface area contributed by atoms with Crippen LogP contribution in [0.4, 0.5) is 14.6 Å². The lowest BCUT2D eigenvalue weighted by molar-refractivity contribution is -0.0178. The second-order valence-electron chi connectivity index (χ2n) is 8.96. The van der Waals surface area contributed by atoms with E-state index in [0.29, 0.717) is 35.5 Å². The Kier molecular flexibility index (Phi) is 5.72. The summed E-state index contributed by atoms with van der Waals surface area (Å²) in [6.07, 6.45) is 1.05. The predicted octanol–water partition coefficient (Wildman–Crippen LogP) is 4.03. The topological polar surface area (TPSA) is 86.3 Å². The summed E-state index contributed by atoms with van der Waals surface area (Å²) in [5, 5.41) is 0.690. The van der Waals surface area contributed by atoms with E-state index in [4.69, 9.17) is 20.5 Å². The molecule has 1 saturated heterocycles. The van der Waals surface area contributed by atoms with Crippen LogP contribution < -0.4 is 16.3 Å². The molecule has 4 heterocycles. The molecule has 1 fully saturated rings. The van der Waals surface area contributed by atoms with Crippen LogP contribution in [-0.4, -0.2) is 33.8 Å². The SMILES string of the molecule is Cc1cc2c(-c3ccc(F)cc3F)nc(N3CC(C)OC(c4ccc(=O)n(N)c4)C3)cc2nc1C. The first-order valence-electron chi connectivity index (χ1n) is 11.3. The van der Waals surface area contributed by atoms with E-state index in [1.165, 1.54) is 18.2 Å². The number of halogens is 2. The first-order chi connectivity index (χ1) is 16.7. The van der Waals surface area contributed by atoms with Gasteiger partial charge < -0.3 is 15.5 Å². The smallest absolute Gasteiger partial charge is 0.268 e. The van der Waals surface area contributed by atoms with Gasteiger partial charge in [0.15, 0.2) is 0 Å². The molecule has 2 atom stereocenters. The summed E-state index contributed by atoms with van der Waals surface area (Å²) in [6, 6.07) is 10.4. The van der Waals surface area contributed by atoms with Crippen LogP contribution in [0.15, 0.2) is 53.5 Å². The predicted molar refractivity (Wildman–Crippen MR) is 131 cm³/mol. The van der Waals surface area contributed by atoms with Gasteiger partial charge in [-0.1, -0.05) is 0 Å². The van der Waals surface area contributed by atoms with Crippen LogP contribution in [0.3, 0.4) is 0 Å². The fraction of sp³-hybridized carbons (Fsp3) is 0.269. The maximum Gasteiger partial charge on any atom is 0.268 e. The first-order valence-corrected chi connectivity index (χ1v) is 11.3. The van der Waals surface area contributed by atoms with Crippen molar-refractivity contribution in [1.29, 1.82) is 0 Å². The molecular weight excluding hydrogens is 452 g/mol. The molecule has 0 spiro atoms. The number of hydrogen-bond acceptors (Lipinski definition) is 6. The molecule has 1 aliphatic rings. The molecule has 4 aromatic rings. The van der Waals surface area contributed by atoms with Gasteiger partial charge in [-0.25, -0.2) is 18.4 Å². The molecule has 2 unspecified atom stereocenters. The highest BCUT2D eigenvalue weighted by Crippen LogP contribution is 2.34. The number of aromatic nitrogens is 3. The molecule has 0 radical (unpaired) electrons. The van der Waals surface area contributed by atoms with Crippen molar-refractivity contribution in [1.82, 2.24) is 14.6 Å². The number of fused-ring (bicyclic) bond motifs is 1. The number of rotatable bonds is 3. The molecule has 0 bridgehead atoms. The number of nitrogen functional groups attached to an aromatic ring is 1. The number of hydrogen-bond donors (Lipinski definition) is 1. The Hall–Kier alpha value is -3.85. The van der Waals surface area contributed by atoms with E-state index < -0.39 is 11.6 Å². The quantitative estimate of drug-likeness (QED) is 0.449.